The standard InChI is InChI=1S/C22H47O4P/c1-6-11-14-17-22(26-27(23,24)25,18-20(9-4)15-12-7-2)19-21(10-5)16-13-8-3/h20-21H,6-19H2,1-5H3,(H2,23,24,25). The largest absolute Gasteiger partial charge is 0.470 e. The summed E-state index contributed by atoms with van der Waals surface area (Å²) in [5.74, 6) is 0.948. The van der Waals surface area contributed by atoms with Gasteiger partial charge in [-0.05, 0) is 31.1 Å². The van der Waals surface area contributed by atoms with Crippen LogP contribution in [-0.4, -0.2) is 15.4 Å². The maximum Gasteiger partial charge on any atom is 0.470 e. The van der Waals surface area contributed by atoms with Crippen molar-refractivity contribution < 1.29 is 18.9 Å². The molecule has 0 aromatic rings. The molecule has 0 aliphatic heterocycles. The molecule has 5 heteroatoms. The van der Waals surface area contributed by atoms with E-state index in [0.717, 1.165) is 77.0 Å². The lowest BCUT2D eigenvalue weighted by atomic mass is 9.76. The van der Waals surface area contributed by atoms with Gasteiger partial charge in [0.15, 0.2) is 0 Å². The Morgan fingerprint density at radius 3 is 1.56 bits per heavy atom. The van der Waals surface area contributed by atoms with Crippen LogP contribution in [0.5, 0.6) is 0 Å². The second kappa shape index (κ2) is 15.0. The Balaban J connectivity index is 5.56. The minimum absolute atomic E-state index is 0.474. The lowest BCUT2D eigenvalue weighted by molar-refractivity contribution is -0.0186. The Morgan fingerprint density at radius 1 is 0.778 bits per heavy atom. The first-order valence-corrected chi connectivity index (χ1v) is 13.0. The number of hydrogen-bond donors (Lipinski definition) is 2. The molecule has 0 radical (unpaired) electrons. The smallest absolute Gasteiger partial charge is 0.303 e. The Morgan fingerprint density at radius 2 is 1.22 bits per heavy atom. The maximum absolute atomic E-state index is 11.9. The van der Waals surface area contributed by atoms with Crippen LogP contribution in [0.1, 0.15) is 125 Å². The zero-order valence-electron chi connectivity index (χ0n) is 18.7. The molecule has 164 valence electrons. The third kappa shape index (κ3) is 13.0. The fourth-order valence-electron chi connectivity index (χ4n) is 4.30. The van der Waals surface area contributed by atoms with E-state index in [-0.39, 0.29) is 0 Å². The van der Waals surface area contributed by atoms with Crippen molar-refractivity contribution >= 4 is 7.82 Å². The molecule has 0 aromatic carbocycles. The van der Waals surface area contributed by atoms with Crippen LogP contribution in [0.2, 0.25) is 0 Å². The highest BCUT2D eigenvalue weighted by Crippen LogP contribution is 2.49. The summed E-state index contributed by atoms with van der Waals surface area (Å²) in [6, 6.07) is 0. The number of hydrogen-bond acceptors (Lipinski definition) is 2. The van der Waals surface area contributed by atoms with Crippen molar-refractivity contribution in [3.05, 3.63) is 0 Å². The van der Waals surface area contributed by atoms with Gasteiger partial charge in [0.05, 0.1) is 5.60 Å². The maximum atomic E-state index is 11.9. The summed E-state index contributed by atoms with van der Waals surface area (Å²) in [5, 5.41) is 0. The van der Waals surface area contributed by atoms with Gasteiger partial charge in [-0.2, -0.15) is 0 Å². The van der Waals surface area contributed by atoms with Gasteiger partial charge in [0.25, 0.3) is 0 Å². The Kier molecular flexibility index (Phi) is 15.1. The van der Waals surface area contributed by atoms with Crippen LogP contribution >= 0.6 is 7.82 Å². The van der Waals surface area contributed by atoms with Crippen LogP contribution in [0.3, 0.4) is 0 Å². The lowest BCUT2D eigenvalue weighted by Crippen LogP contribution is -2.37. The topological polar surface area (TPSA) is 66.8 Å². The molecule has 4 nitrogen and oxygen atoms in total. The molecule has 0 aliphatic rings. The molecule has 0 aromatic heterocycles. The lowest BCUT2D eigenvalue weighted by Gasteiger charge is -2.39. The van der Waals surface area contributed by atoms with Crippen LogP contribution < -0.4 is 0 Å². The summed E-state index contributed by atoms with van der Waals surface area (Å²) < 4.78 is 17.6. The van der Waals surface area contributed by atoms with Crippen LogP contribution in [-0.2, 0) is 9.09 Å². The molecule has 2 N–H and O–H groups in total. The second-order valence-corrected chi connectivity index (χ2v) is 9.63. The predicted octanol–water partition coefficient (Wildman–Crippen LogP) is 7.63. The monoisotopic (exact) mass is 406 g/mol. The SMILES string of the molecule is CCCCCC(CC(CC)CCCC)(CC(CC)CCCC)OP(=O)(O)O. The molecule has 0 saturated carbocycles. The van der Waals surface area contributed by atoms with Gasteiger partial charge in [-0.3, -0.25) is 4.52 Å². The van der Waals surface area contributed by atoms with Crippen LogP contribution in [0.4, 0.5) is 0 Å². The summed E-state index contributed by atoms with van der Waals surface area (Å²) >= 11 is 0. The molecule has 2 atom stereocenters. The summed E-state index contributed by atoms with van der Waals surface area (Å²) in [4.78, 5) is 19.4. The first-order valence-electron chi connectivity index (χ1n) is 11.5. The van der Waals surface area contributed by atoms with E-state index in [0.29, 0.717) is 11.8 Å². The fraction of sp³-hybridized carbons (Fsp3) is 1.00. The van der Waals surface area contributed by atoms with Gasteiger partial charge in [-0.25, -0.2) is 4.57 Å². The summed E-state index contributed by atoms with van der Waals surface area (Å²) in [5.41, 5.74) is -0.683. The quantitative estimate of drug-likeness (QED) is 0.181. The van der Waals surface area contributed by atoms with E-state index in [1.807, 2.05) is 0 Å². The van der Waals surface area contributed by atoms with E-state index in [4.69, 9.17) is 4.52 Å². The van der Waals surface area contributed by atoms with Gasteiger partial charge in [0.2, 0.25) is 0 Å². The molecule has 0 fully saturated rings. The molecule has 0 aliphatic carbocycles. The number of rotatable bonds is 18. The van der Waals surface area contributed by atoms with Gasteiger partial charge in [-0.1, -0.05) is 105 Å². The first kappa shape index (κ1) is 27.1. The highest BCUT2D eigenvalue weighted by Gasteiger charge is 2.40. The molecular weight excluding hydrogens is 359 g/mol. The third-order valence-corrected chi connectivity index (χ3v) is 6.58. The fourth-order valence-corrected chi connectivity index (χ4v) is 5.04. The van der Waals surface area contributed by atoms with Crippen molar-refractivity contribution in [2.75, 3.05) is 0 Å². The third-order valence-electron chi connectivity index (χ3n) is 5.96. The number of phosphoric acid groups is 1. The van der Waals surface area contributed by atoms with Gasteiger partial charge in [0.1, 0.15) is 0 Å². The van der Waals surface area contributed by atoms with E-state index < -0.39 is 13.4 Å². The van der Waals surface area contributed by atoms with E-state index in [2.05, 4.69) is 34.6 Å². The highest BCUT2D eigenvalue weighted by atomic mass is 31.2. The number of phosphoric ester groups is 1. The van der Waals surface area contributed by atoms with E-state index in [1.165, 1.54) is 12.8 Å². The van der Waals surface area contributed by atoms with Crippen molar-refractivity contribution in [1.82, 2.24) is 0 Å². The van der Waals surface area contributed by atoms with Crippen LogP contribution in [0.25, 0.3) is 0 Å². The zero-order chi connectivity index (χ0) is 20.8. The predicted molar refractivity (Wildman–Crippen MR) is 116 cm³/mol. The Bertz CT molecular complexity index is 376. The zero-order valence-corrected chi connectivity index (χ0v) is 19.6. The molecule has 0 rings (SSSR count). The summed E-state index contributed by atoms with van der Waals surface area (Å²) in [6.07, 6.45) is 14.5. The van der Waals surface area contributed by atoms with E-state index >= 15 is 0 Å². The van der Waals surface area contributed by atoms with Gasteiger partial charge in [0, 0.05) is 0 Å². The normalized spacial score (nSPS) is 16.9. The minimum Gasteiger partial charge on any atom is -0.303 e. The van der Waals surface area contributed by atoms with E-state index in [1.54, 1.807) is 0 Å². The average molecular weight is 407 g/mol. The first-order chi connectivity index (χ1) is 12.8. The number of unbranched alkanes of at least 4 members (excludes halogenated alkanes) is 4. The summed E-state index contributed by atoms with van der Waals surface area (Å²) in [7, 11) is -4.52. The average Bonchev–Trinajstić information content (AvgIpc) is 2.61. The molecule has 0 amide bonds. The highest BCUT2D eigenvalue weighted by molar-refractivity contribution is 7.46. The van der Waals surface area contributed by atoms with Gasteiger partial charge in [-0.15, -0.1) is 0 Å². The Hall–Kier alpha value is 0.110. The molecule has 0 bridgehead atoms. The molecule has 0 heterocycles. The van der Waals surface area contributed by atoms with Crippen LogP contribution in [0, 0.1) is 11.8 Å². The van der Waals surface area contributed by atoms with E-state index in [9.17, 15) is 14.4 Å². The van der Waals surface area contributed by atoms with Crippen molar-refractivity contribution in [3.63, 3.8) is 0 Å². The Labute approximate surface area is 169 Å². The molecule has 0 saturated heterocycles. The van der Waals surface area contributed by atoms with Crippen molar-refractivity contribution in [3.8, 4) is 0 Å². The van der Waals surface area contributed by atoms with Crippen LogP contribution in [0.15, 0.2) is 0 Å². The molecule has 2 unspecified atom stereocenters. The van der Waals surface area contributed by atoms with Crippen molar-refractivity contribution in [2.45, 2.75) is 130 Å². The summed E-state index contributed by atoms with van der Waals surface area (Å²) in [6.45, 7) is 11.0. The van der Waals surface area contributed by atoms with Gasteiger partial charge >= 0.3 is 7.82 Å². The molecular formula is C22H47O4P. The van der Waals surface area contributed by atoms with Gasteiger partial charge < -0.3 is 9.79 Å². The second-order valence-electron chi connectivity index (χ2n) is 8.46. The minimum atomic E-state index is -4.52. The van der Waals surface area contributed by atoms with Crippen molar-refractivity contribution in [2.24, 2.45) is 11.8 Å². The van der Waals surface area contributed by atoms with Crippen molar-refractivity contribution in [1.29, 1.82) is 0 Å². The molecule has 27 heavy (non-hydrogen) atoms. The molecule has 0 spiro atoms.